The van der Waals surface area contributed by atoms with E-state index >= 15 is 0 Å². The molecule has 0 aliphatic rings. The van der Waals surface area contributed by atoms with Crippen LogP contribution in [0, 0.1) is 5.41 Å². The number of carbonyl (C=O) groups is 1. The molecule has 0 atom stereocenters. The van der Waals surface area contributed by atoms with Gasteiger partial charge in [0.2, 0.25) is 0 Å². The highest BCUT2D eigenvalue weighted by Gasteiger charge is 2.06. The van der Waals surface area contributed by atoms with Gasteiger partial charge in [0.25, 0.3) is 0 Å². The lowest BCUT2D eigenvalue weighted by Crippen LogP contribution is -2.02. The molecule has 2 nitrogen and oxygen atoms in total. The minimum atomic E-state index is -0.268. The maximum Gasteiger partial charge on any atom is 0.330 e. The van der Waals surface area contributed by atoms with E-state index in [1.807, 2.05) is 13.0 Å². The zero-order chi connectivity index (χ0) is 11.9. The molecule has 0 aromatic carbocycles. The highest BCUT2D eigenvalue weighted by Crippen LogP contribution is 2.19. The second-order valence-electron chi connectivity index (χ2n) is 4.81. The van der Waals surface area contributed by atoms with E-state index in [-0.39, 0.29) is 5.97 Å². The number of ether oxygens (including phenoxy) is 1. The van der Waals surface area contributed by atoms with Crippen LogP contribution in [0.3, 0.4) is 0 Å². The zero-order valence-corrected chi connectivity index (χ0v) is 10.5. The monoisotopic (exact) mass is 210 g/mol. The Hall–Kier alpha value is -1.05. The Balaban J connectivity index is 4.12. The number of allylic oxidation sites excluding steroid dienone is 3. The molecule has 0 rings (SSSR count). The van der Waals surface area contributed by atoms with Crippen molar-refractivity contribution in [1.29, 1.82) is 0 Å². The summed E-state index contributed by atoms with van der Waals surface area (Å²) in [6, 6.07) is 0. The van der Waals surface area contributed by atoms with Crippen LogP contribution >= 0.6 is 0 Å². The van der Waals surface area contributed by atoms with Gasteiger partial charge >= 0.3 is 5.97 Å². The molecule has 0 aromatic rings. The molecule has 0 unspecified atom stereocenters. The molecule has 86 valence electrons. The summed E-state index contributed by atoms with van der Waals surface area (Å²) < 4.78 is 4.81. The standard InChI is InChI=1S/C13H22O2/c1-6-15-12(14)10-11(2)8-7-9-13(3,4)5/h7-8,10H,6,9H2,1-5H3. The van der Waals surface area contributed by atoms with Crippen molar-refractivity contribution in [2.45, 2.75) is 41.0 Å². The predicted molar refractivity (Wildman–Crippen MR) is 63.6 cm³/mol. The first-order valence-electron chi connectivity index (χ1n) is 5.37. The van der Waals surface area contributed by atoms with Crippen LogP contribution in [0.4, 0.5) is 0 Å². The fourth-order valence-corrected chi connectivity index (χ4v) is 1.02. The van der Waals surface area contributed by atoms with Crippen molar-refractivity contribution < 1.29 is 9.53 Å². The molecule has 0 aromatic heterocycles. The summed E-state index contributed by atoms with van der Waals surface area (Å²) in [6.07, 6.45) is 6.57. The van der Waals surface area contributed by atoms with Crippen molar-refractivity contribution in [3.8, 4) is 0 Å². The van der Waals surface area contributed by atoms with Crippen molar-refractivity contribution in [3.63, 3.8) is 0 Å². The third-order valence-electron chi connectivity index (χ3n) is 1.74. The molecule has 0 amide bonds. The highest BCUT2D eigenvalue weighted by atomic mass is 16.5. The first-order chi connectivity index (χ1) is 6.85. The largest absolute Gasteiger partial charge is 0.463 e. The van der Waals surface area contributed by atoms with E-state index in [0.717, 1.165) is 12.0 Å². The summed E-state index contributed by atoms with van der Waals surface area (Å²) in [4.78, 5) is 11.1. The van der Waals surface area contributed by atoms with Gasteiger partial charge in [-0.15, -0.1) is 0 Å². The zero-order valence-electron chi connectivity index (χ0n) is 10.5. The van der Waals surface area contributed by atoms with Crippen LogP contribution in [0.2, 0.25) is 0 Å². The SMILES string of the molecule is CCOC(=O)C=C(C)C=CCC(C)(C)C. The smallest absolute Gasteiger partial charge is 0.330 e. The number of hydrogen-bond donors (Lipinski definition) is 0. The first kappa shape index (κ1) is 13.9. The van der Waals surface area contributed by atoms with Crippen LogP contribution in [0.25, 0.3) is 0 Å². The van der Waals surface area contributed by atoms with Crippen molar-refractivity contribution in [2.24, 2.45) is 5.41 Å². The topological polar surface area (TPSA) is 26.3 Å². The summed E-state index contributed by atoms with van der Waals surface area (Å²) in [7, 11) is 0. The Morgan fingerprint density at radius 2 is 1.93 bits per heavy atom. The number of carbonyl (C=O) groups excluding carboxylic acids is 1. The maximum atomic E-state index is 11.1. The minimum absolute atomic E-state index is 0.268. The Morgan fingerprint density at radius 1 is 1.33 bits per heavy atom. The summed E-state index contributed by atoms with van der Waals surface area (Å²) in [5.41, 5.74) is 1.22. The lowest BCUT2D eigenvalue weighted by molar-refractivity contribution is -0.137. The van der Waals surface area contributed by atoms with Crippen molar-refractivity contribution in [3.05, 3.63) is 23.8 Å². The molecule has 0 bridgehead atoms. The molecule has 0 spiro atoms. The predicted octanol–water partition coefficient (Wildman–Crippen LogP) is 3.49. The maximum absolute atomic E-state index is 11.1. The molecule has 0 N–H and O–H groups in total. The lowest BCUT2D eigenvalue weighted by atomic mass is 9.92. The number of hydrogen-bond acceptors (Lipinski definition) is 2. The van der Waals surface area contributed by atoms with Gasteiger partial charge in [0, 0.05) is 6.08 Å². The van der Waals surface area contributed by atoms with Crippen molar-refractivity contribution >= 4 is 5.97 Å². The van der Waals surface area contributed by atoms with Crippen LogP contribution in [0.15, 0.2) is 23.8 Å². The van der Waals surface area contributed by atoms with Gasteiger partial charge in [-0.25, -0.2) is 4.79 Å². The molecule has 2 heteroatoms. The van der Waals surface area contributed by atoms with E-state index in [9.17, 15) is 4.79 Å². The molecule has 0 radical (unpaired) electrons. The van der Waals surface area contributed by atoms with E-state index in [4.69, 9.17) is 4.74 Å². The van der Waals surface area contributed by atoms with Crippen LogP contribution in [0.1, 0.15) is 41.0 Å². The fourth-order valence-electron chi connectivity index (χ4n) is 1.02. The van der Waals surface area contributed by atoms with Crippen LogP contribution in [0.5, 0.6) is 0 Å². The highest BCUT2D eigenvalue weighted by molar-refractivity contribution is 5.83. The average Bonchev–Trinajstić information content (AvgIpc) is 2.01. The summed E-state index contributed by atoms with van der Waals surface area (Å²) >= 11 is 0. The van der Waals surface area contributed by atoms with Gasteiger partial charge in [-0.05, 0) is 31.3 Å². The van der Waals surface area contributed by atoms with Crippen LogP contribution < -0.4 is 0 Å². The Morgan fingerprint density at radius 3 is 2.40 bits per heavy atom. The third-order valence-corrected chi connectivity index (χ3v) is 1.74. The Labute approximate surface area is 93.0 Å². The quantitative estimate of drug-likeness (QED) is 0.403. The number of esters is 1. The summed E-state index contributed by atoms with van der Waals surface area (Å²) in [5, 5.41) is 0. The first-order valence-corrected chi connectivity index (χ1v) is 5.37. The Bertz CT molecular complexity index is 254. The average molecular weight is 210 g/mol. The molecule has 0 aliphatic carbocycles. The van der Waals surface area contributed by atoms with E-state index in [2.05, 4.69) is 26.8 Å². The molecular weight excluding hydrogens is 188 g/mol. The van der Waals surface area contributed by atoms with Gasteiger partial charge in [-0.3, -0.25) is 0 Å². The van der Waals surface area contributed by atoms with Gasteiger partial charge in [0.15, 0.2) is 0 Å². The Kier molecular flexibility index (Phi) is 5.99. The molecule has 0 aliphatic heterocycles. The van der Waals surface area contributed by atoms with E-state index in [1.54, 1.807) is 6.92 Å². The molecule has 0 fully saturated rings. The second-order valence-corrected chi connectivity index (χ2v) is 4.81. The van der Waals surface area contributed by atoms with Crippen LogP contribution in [-0.2, 0) is 9.53 Å². The van der Waals surface area contributed by atoms with Gasteiger partial charge in [0.05, 0.1) is 6.61 Å². The molecule has 0 heterocycles. The normalized spacial score (nSPS) is 13.3. The van der Waals surface area contributed by atoms with E-state index in [0.29, 0.717) is 12.0 Å². The molecule has 0 saturated heterocycles. The van der Waals surface area contributed by atoms with Gasteiger partial charge in [-0.1, -0.05) is 32.9 Å². The van der Waals surface area contributed by atoms with E-state index < -0.39 is 0 Å². The third kappa shape index (κ3) is 9.26. The summed E-state index contributed by atoms with van der Waals surface area (Å²) in [5.74, 6) is -0.268. The van der Waals surface area contributed by atoms with Crippen molar-refractivity contribution in [1.82, 2.24) is 0 Å². The van der Waals surface area contributed by atoms with E-state index in [1.165, 1.54) is 6.08 Å². The summed E-state index contributed by atoms with van der Waals surface area (Å²) in [6.45, 7) is 10.7. The number of rotatable bonds is 4. The van der Waals surface area contributed by atoms with Crippen LogP contribution in [-0.4, -0.2) is 12.6 Å². The van der Waals surface area contributed by atoms with Gasteiger partial charge < -0.3 is 4.74 Å². The molecule has 0 saturated carbocycles. The second kappa shape index (κ2) is 6.44. The molecular formula is C13H22O2. The van der Waals surface area contributed by atoms with Gasteiger partial charge in [0.1, 0.15) is 0 Å². The van der Waals surface area contributed by atoms with Crippen molar-refractivity contribution in [2.75, 3.05) is 6.61 Å². The van der Waals surface area contributed by atoms with Gasteiger partial charge in [-0.2, -0.15) is 0 Å². The lowest BCUT2D eigenvalue weighted by Gasteiger charge is -2.14. The molecule has 15 heavy (non-hydrogen) atoms. The fraction of sp³-hybridized carbons (Fsp3) is 0.615. The minimum Gasteiger partial charge on any atom is -0.463 e.